The predicted molar refractivity (Wildman–Crippen MR) is 49.6 cm³/mol. The summed E-state index contributed by atoms with van der Waals surface area (Å²) in [6.45, 7) is 0. The van der Waals surface area contributed by atoms with Crippen LogP contribution >= 0.6 is 0 Å². The van der Waals surface area contributed by atoms with Crippen molar-refractivity contribution >= 4 is 0 Å². The molecule has 0 unspecified atom stereocenters. The van der Waals surface area contributed by atoms with Crippen LogP contribution < -0.4 is 4.74 Å². The number of rotatable bonds is 2. The maximum Gasteiger partial charge on any atom is 0.131 e. The second-order valence-corrected chi connectivity index (χ2v) is 2.54. The quantitative estimate of drug-likeness (QED) is 0.691. The van der Waals surface area contributed by atoms with E-state index in [1.54, 1.807) is 18.3 Å². The molecule has 0 aliphatic heterocycles. The zero-order valence-electron chi connectivity index (χ0n) is 6.97. The molecule has 0 aliphatic rings. The number of benzene rings is 1. The van der Waals surface area contributed by atoms with E-state index in [0.29, 0.717) is 0 Å². The minimum Gasteiger partial charge on any atom is -0.457 e. The highest BCUT2D eigenvalue weighted by Gasteiger charge is 1.93. The van der Waals surface area contributed by atoms with Gasteiger partial charge in [-0.25, -0.2) is 0 Å². The average Bonchev–Trinajstić information content (AvgIpc) is 2.21. The lowest BCUT2D eigenvalue weighted by Gasteiger charge is -2.03. The van der Waals surface area contributed by atoms with E-state index in [9.17, 15) is 0 Å². The molecule has 0 saturated carbocycles. The lowest BCUT2D eigenvalue weighted by molar-refractivity contribution is 0.482. The van der Waals surface area contributed by atoms with E-state index in [1.807, 2.05) is 30.3 Å². The molecule has 1 heterocycles. The third-order valence-corrected chi connectivity index (χ3v) is 1.57. The Bertz CT molecular complexity index is 321. The van der Waals surface area contributed by atoms with Gasteiger partial charge in [0.1, 0.15) is 11.5 Å². The first-order valence-corrected chi connectivity index (χ1v) is 4.00. The smallest absolute Gasteiger partial charge is 0.131 e. The molecule has 1 aromatic carbocycles. The Kier molecular flexibility index (Phi) is 2.23. The fourth-order valence-electron chi connectivity index (χ4n) is 0.991. The Labute approximate surface area is 76.8 Å². The van der Waals surface area contributed by atoms with Crippen molar-refractivity contribution in [2.24, 2.45) is 0 Å². The number of hydrogen-bond donors (Lipinski definition) is 0. The lowest BCUT2D eigenvalue weighted by Crippen LogP contribution is -1.82. The van der Waals surface area contributed by atoms with Crippen molar-refractivity contribution in [3.05, 3.63) is 54.9 Å². The molecule has 2 aromatic rings. The molecule has 13 heavy (non-hydrogen) atoms. The molecule has 0 atom stereocenters. The van der Waals surface area contributed by atoms with Gasteiger partial charge in [-0.05, 0) is 18.2 Å². The molecule has 2 nitrogen and oxygen atoms in total. The van der Waals surface area contributed by atoms with Gasteiger partial charge in [0.2, 0.25) is 0 Å². The van der Waals surface area contributed by atoms with Crippen LogP contribution in [0.4, 0.5) is 0 Å². The topological polar surface area (TPSA) is 22.1 Å². The van der Waals surface area contributed by atoms with Gasteiger partial charge in [0.05, 0.1) is 6.20 Å². The minimum atomic E-state index is 0.751. The molecular weight excluding hydrogens is 162 g/mol. The van der Waals surface area contributed by atoms with Crippen LogP contribution in [0.1, 0.15) is 0 Å². The van der Waals surface area contributed by atoms with Crippen LogP contribution in [-0.2, 0) is 0 Å². The summed E-state index contributed by atoms with van der Waals surface area (Å²) in [7, 11) is 0. The second-order valence-electron chi connectivity index (χ2n) is 2.54. The van der Waals surface area contributed by atoms with E-state index in [1.165, 1.54) is 0 Å². The van der Waals surface area contributed by atoms with E-state index in [4.69, 9.17) is 4.74 Å². The van der Waals surface area contributed by atoms with Gasteiger partial charge in [-0.15, -0.1) is 0 Å². The Morgan fingerprint density at radius 1 is 1.00 bits per heavy atom. The fraction of sp³-hybridized carbons (Fsp3) is 0. The zero-order chi connectivity index (χ0) is 8.93. The summed E-state index contributed by atoms with van der Waals surface area (Å²) < 4.78 is 5.51. The summed E-state index contributed by atoms with van der Waals surface area (Å²) in [5.74, 6) is 1.57. The molecule has 2 heteroatoms. The lowest BCUT2D eigenvalue weighted by atomic mass is 10.3. The van der Waals surface area contributed by atoms with Crippen molar-refractivity contribution in [3.8, 4) is 11.5 Å². The highest BCUT2D eigenvalue weighted by Crippen LogP contribution is 2.18. The van der Waals surface area contributed by atoms with Crippen LogP contribution in [0.5, 0.6) is 11.5 Å². The Hall–Kier alpha value is -1.83. The standard InChI is InChI=1S/C11H8NO/c1-2-4-10(5-3-1)13-11-6-8-12-9-7-11/h1-8H. The molecule has 1 radical (unpaired) electrons. The summed E-state index contributed by atoms with van der Waals surface area (Å²) >= 11 is 0. The van der Waals surface area contributed by atoms with Gasteiger partial charge in [-0.3, -0.25) is 4.98 Å². The Balaban J connectivity index is 2.16. The van der Waals surface area contributed by atoms with Crippen molar-refractivity contribution < 1.29 is 4.74 Å². The summed E-state index contributed by atoms with van der Waals surface area (Å²) in [5, 5.41) is 0. The maximum absolute atomic E-state index is 5.51. The molecule has 1 aromatic heterocycles. The molecule has 2 rings (SSSR count). The van der Waals surface area contributed by atoms with Crippen molar-refractivity contribution in [1.29, 1.82) is 0 Å². The molecule has 63 valence electrons. The van der Waals surface area contributed by atoms with Gasteiger partial charge in [0, 0.05) is 12.3 Å². The minimum absolute atomic E-state index is 0.751. The van der Waals surface area contributed by atoms with Gasteiger partial charge in [0.15, 0.2) is 0 Å². The molecule has 0 amide bonds. The predicted octanol–water partition coefficient (Wildman–Crippen LogP) is 2.67. The number of aromatic nitrogens is 1. The van der Waals surface area contributed by atoms with Crippen LogP contribution in [0.25, 0.3) is 0 Å². The van der Waals surface area contributed by atoms with Crippen molar-refractivity contribution in [2.75, 3.05) is 0 Å². The highest BCUT2D eigenvalue weighted by atomic mass is 16.5. The van der Waals surface area contributed by atoms with Gasteiger partial charge < -0.3 is 4.74 Å². The van der Waals surface area contributed by atoms with Gasteiger partial charge in [-0.1, -0.05) is 18.2 Å². The van der Waals surface area contributed by atoms with Crippen LogP contribution in [0.15, 0.2) is 48.7 Å². The molecular formula is C11H8NO. The second kappa shape index (κ2) is 3.72. The van der Waals surface area contributed by atoms with E-state index in [0.717, 1.165) is 11.5 Å². The fourth-order valence-corrected chi connectivity index (χ4v) is 0.991. The third-order valence-electron chi connectivity index (χ3n) is 1.57. The average molecular weight is 170 g/mol. The maximum atomic E-state index is 5.51. The Morgan fingerprint density at radius 2 is 1.85 bits per heavy atom. The highest BCUT2D eigenvalue weighted by molar-refractivity contribution is 5.28. The number of hydrogen-bond acceptors (Lipinski definition) is 2. The van der Waals surface area contributed by atoms with Crippen LogP contribution in [0.2, 0.25) is 0 Å². The van der Waals surface area contributed by atoms with Gasteiger partial charge in [0.25, 0.3) is 0 Å². The van der Waals surface area contributed by atoms with Gasteiger partial charge in [-0.2, -0.15) is 0 Å². The van der Waals surface area contributed by atoms with Gasteiger partial charge >= 0.3 is 0 Å². The van der Waals surface area contributed by atoms with Crippen molar-refractivity contribution in [3.63, 3.8) is 0 Å². The number of nitrogens with zero attached hydrogens (tertiary/aromatic N) is 1. The first-order chi connectivity index (χ1) is 6.45. The first-order valence-electron chi connectivity index (χ1n) is 4.00. The molecule has 0 bridgehead atoms. The number of ether oxygens (including phenoxy) is 1. The summed E-state index contributed by atoms with van der Waals surface area (Å²) in [6.07, 6.45) is 4.36. The zero-order valence-corrected chi connectivity index (χ0v) is 6.97. The molecule has 0 saturated heterocycles. The normalized spacial score (nSPS) is 9.54. The molecule has 0 N–H and O–H groups in total. The monoisotopic (exact) mass is 170 g/mol. The summed E-state index contributed by atoms with van der Waals surface area (Å²) in [6, 6.07) is 13.1. The summed E-state index contributed by atoms with van der Waals surface area (Å²) in [4.78, 5) is 3.78. The first kappa shape index (κ1) is 7.80. The largest absolute Gasteiger partial charge is 0.457 e. The van der Waals surface area contributed by atoms with Crippen molar-refractivity contribution in [1.82, 2.24) is 4.98 Å². The molecule has 0 aliphatic carbocycles. The van der Waals surface area contributed by atoms with E-state index >= 15 is 0 Å². The summed E-state index contributed by atoms with van der Waals surface area (Å²) in [5.41, 5.74) is 0. The van der Waals surface area contributed by atoms with E-state index in [-0.39, 0.29) is 0 Å². The van der Waals surface area contributed by atoms with E-state index in [2.05, 4.69) is 11.2 Å². The number of pyridine rings is 1. The Morgan fingerprint density at radius 3 is 2.54 bits per heavy atom. The van der Waals surface area contributed by atoms with Crippen molar-refractivity contribution in [2.45, 2.75) is 0 Å². The third kappa shape index (κ3) is 2.06. The SMILES string of the molecule is [c]1cc(Oc2ccccc2)ccn1. The van der Waals surface area contributed by atoms with Crippen LogP contribution in [0, 0.1) is 6.20 Å². The van der Waals surface area contributed by atoms with Crippen LogP contribution in [0.3, 0.4) is 0 Å². The van der Waals surface area contributed by atoms with E-state index < -0.39 is 0 Å². The van der Waals surface area contributed by atoms with Crippen LogP contribution in [-0.4, -0.2) is 4.98 Å². The molecule has 0 spiro atoms. The number of para-hydroxylation sites is 1. The molecule has 0 fully saturated rings.